The van der Waals surface area contributed by atoms with Crippen LogP contribution in [-0.4, -0.2) is 47.4 Å². The van der Waals surface area contributed by atoms with Gasteiger partial charge in [-0.05, 0) is 96.9 Å². The van der Waals surface area contributed by atoms with Gasteiger partial charge in [0.2, 0.25) is 5.78 Å². The first-order chi connectivity index (χ1) is 26.6. The summed E-state index contributed by atoms with van der Waals surface area (Å²) in [4.78, 5) is 19.8. The van der Waals surface area contributed by atoms with E-state index < -0.39 is 52.9 Å². The van der Waals surface area contributed by atoms with Crippen LogP contribution in [0.2, 0.25) is 0 Å². The summed E-state index contributed by atoms with van der Waals surface area (Å²) in [6.45, 7) is 1.85. The highest BCUT2D eigenvalue weighted by atomic mass is 32.2. The number of Topliss-reactive ketones (excluding diaryl/α,β-unsaturated/α-hetero) is 1. The van der Waals surface area contributed by atoms with E-state index in [2.05, 4.69) is 41.0 Å². The molecule has 0 amide bonds. The fourth-order valence-electron chi connectivity index (χ4n) is 5.65. The standard InChI is InChI=1S/C36H29N11O7S2/c1-18-13-27(25(38)17-24(18)37)45-44-23-11-12-26-28(16-23)41-36(40-26)19-7-9-22(10-8-19)43-46-33-29(55(49,50)51)14-20-15-30(56(52,53)54)34(35(48)31(20)32(33)39)47-42-21-5-3-2-4-6-21/h2-17,42H,37-39H2,1H3,(H,40,41)(H,49,50,51)(H,52,53,54). The van der Waals surface area contributed by atoms with Crippen molar-refractivity contribution in [3.63, 3.8) is 0 Å². The van der Waals surface area contributed by atoms with Crippen molar-refractivity contribution >= 4 is 94.3 Å². The number of carbonyl (C=O) groups is 1. The van der Waals surface area contributed by atoms with Gasteiger partial charge in [-0.1, -0.05) is 18.2 Å². The zero-order valence-corrected chi connectivity index (χ0v) is 30.5. The van der Waals surface area contributed by atoms with Crippen molar-refractivity contribution in [2.45, 2.75) is 11.8 Å². The molecule has 1 aromatic heterocycles. The molecule has 7 rings (SSSR count). The molecule has 0 radical (unpaired) electrons. The van der Waals surface area contributed by atoms with Crippen LogP contribution in [0.3, 0.4) is 0 Å². The quantitative estimate of drug-likeness (QED) is 0.0329. The maximum absolute atomic E-state index is 13.7. The Hall–Kier alpha value is -7.13. The number of H-pyrrole nitrogens is 1. The second-order valence-electron chi connectivity index (χ2n) is 12.3. The molecule has 1 heterocycles. The van der Waals surface area contributed by atoms with E-state index in [0.29, 0.717) is 50.9 Å². The summed E-state index contributed by atoms with van der Waals surface area (Å²) in [5, 5.41) is 20.5. The van der Waals surface area contributed by atoms with Gasteiger partial charge in [-0.25, -0.2) is 4.98 Å². The molecule has 0 atom stereocenters. The van der Waals surface area contributed by atoms with Crippen LogP contribution in [0.5, 0.6) is 0 Å². The molecule has 1 aliphatic carbocycles. The number of para-hydroxylation sites is 1. The molecule has 5 aromatic carbocycles. The molecule has 18 nitrogen and oxygen atoms in total. The third-order valence-electron chi connectivity index (χ3n) is 8.48. The van der Waals surface area contributed by atoms with Crippen LogP contribution < -0.4 is 22.6 Å². The number of hydrazone groups is 1. The van der Waals surface area contributed by atoms with E-state index in [4.69, 9.17) is 17.2 Å². The van der Waals surface area contributed by atoms with Gasteiger partial charge in [0.05, 0.1) is 45.0 Å². The first-order valence-electron chi connectivity index (χ1n) is 16.2. The molecular weight excluding hydrogens is 763 g/mol. The summed E-state index contributed by atoms with van der Waals surface area (Å²) in [5.41, 5.74) is 23.6. The first kappa shape index (κ1) is 37.2. The minimum Gasteiger partial charge on any atom is -0.398 e. The maximum Gasteiger partial charge on any atom is 0.296 e. The van der Waals surface area contributed by atoms with Gasteiger partial charge >= 0.3 is 0 Å². The molecule has 282 valence electrons. The minimum atomic E-state index is -5.07. The summed E-state index contributed by atoms with van der Waals surface area (Å²) < 4.78 is 69.6. The lowest BCUT2D eigenvalue weighted by Gasteiger charge is -2.20. The zero-order chi connectivity index (χ0) is 39.9. The number of aryl methyl sites for hydroxylation is 1. The van der Waals surface area contributed by atoms with Gasteiger partial charge in [0.25, 0.3) is 20.2 Å². The number of nitrogens with one attached hydrogen (secondary N) is 2. The normalized spacial score (nSPS) is 14.2. The Kier molecular flexibility index (Phi) is 9.47. The second kappa shape index (κ2) is 14.3. The largest absolute Gasteiger partial charge is 0.398 e. The lowest BCUT2D eigenvalue weighted by atomic mass is 9.92. The highest BCUT2D eigenvalue weighted by Gasteiger charge is 2.37. The molecule has 0 spiro atoms. The number of nitrogens with two attached hydrogens (primary N) is 3. The molecular formula is C36H29N11O7S2. The molecule has 10 N–H and O–H groups in total. The number of nitrogen functional groups attached to an aromatic ring is 3. The van der Waals surface area contributed by atoms with Crippen molar-refractivity contribution in [2.24, 2.45) is 25.6 Å². The Morgan fingerprint density at radius 1 is 0.768 bits per heavy atom. The average Bonchev–Trinajstić information content (AvgIpc) is 3.58. The maximum atomic E-state index is 13.7. The lowest BCUT2D eigenvalue weighted by Crippen LogP contribution is -2.28. The molecule has 6 aromatic rings. The molecule has 0 bridgehead atoms. The Labute approximate surface area is 318 Å². The van der Waals surface area contributed by atoms with E-state index in [1.807, 2.05) is 6.92 Å². The Balaban J connectivity index is 1.18. The first-order valence-corrected chi connectivity index (χ1v) is 19.1. The van der Waals surface area contributed by atoms with Crippen LogP contribution in [0, 0.1) is 6.92 Å². The van der Waals surface area contributed by atoms with E-state index >= 15 is 0 Å². The van der Waals surface area contributed by atoms with Crippen LogP contribution in [0.25, 0.3) is 28.5 Å². The topological polar surface area (TPSA) is 306 Å². The van der Waals surface area contributed by atoms with Crippen molar-refractivity contribution in [3.05, 3.63) is 113 Å². The van der Waals surface area contributed by atoms with Crippen LogP contribution in [-0.2, 0) is 20.2 Å². The average molecular weight is 792 g/mol. The van der Waals surface area contributed by atoms with E-state index in [0.717, 1.165) is 17.7 Å². The Bertz CT molecular complexity index is 2940. The highest BCUT2D eigenvalue weighted by Crippen LogP contribution is 2.41. The highest BCUT2D eigenvalue weighted by molar-refractivity contribution is 7.91. The fourth-order valence-corrected chi connectivity index (χ4v) is 6.98. The van der Waals surface area contributed by atoms with Gasteiger partial charge in [-0.3, -0.25) is 19.3 Å². The van der Waals surface area contributed by atoms with Crippen molar-refractivity contribution in [2.75, 3.05) is 22.6 Å². The summed E-state index contributed by atoms with van der Waals surface area (Å²) >= 11 is 0. The summed E-state index contributed by atoms with van der Waals surface area (Å²) in [7, 11) is -10.1. The van der Waals surface area contributed by atoms with Crippen molar-refractivity contribution in [3.8, 4) is 11.4 Å². The van der Waals surface area contributed by atoms with Crippen LogP contribution in [0.4, 0.5) is 45.5 Å². The number of rotatable bonds is 9. The zero-order valence-electron chi connectivity index (χ0n) is 28.9. The monoisotopic (exact) mass is 791 g/mol. The van der Waals surface area contributed by atoms with E-state index in [-0.39, 0.29) is 16.8 Å². The number of anilines is 4. The predicted molar refractivity (Wildman–Crippen MR) is 212 cm³/mol. The molecule has 0 saturated heterocycles. The number of allylic oxidation sites excluding steroid dienone is 1. The Morgan fingerprint density at radius 3 is 2.16 bits per heavy atom. The molecule has 20 heteroatoms. The van der Waals surface area contributed by atoms with Gasteiger partial charge in [-0.15, -0.1) is 10.2 Å². The summed E-state index contributed by atoms with van der Waals surface area (Å²) in [5.74, 6) is -0.569. The molecule has 1 aliphatic rings. The number of aromatic amines is 1. The van der Waals surface area contributed by atoms with Crippen molar-refractivity contribution < 1.29 is 30.7 Å². The number of aromatic nitrogens is 2. The van der Waals surface area contributed by atoms with Gasteiger partial charge in [0.1, 0.15) is 27.0 Å². The number of fused-ring (bicyclic) bond motifs is 2. The number of ketones is 1. The molecule has 0 fully saturated rings. The SMILES string of the molecule is Cc1cc(N=Nc2ccc3nc(-c4ccc(N=Nc5c(S(=O)(=O)O)cc6c(c5N)C(=O)C(=NNc5ccccc5)C(S(=O)(=O)O)=C6)cc4)[nH]c3c2)c(N)cc1N. The summed E-state index contributed by atoms with van der Waals surface area (Å²) in [6.07, 6.45) is 0.809. The second-order valence-corrected chi connectivity index (χ2v) is 15.1. The molecule has 0 unspecified atom stereocenters. The van der Waals surface area contributed by atoms with Gasteiger partial charge in [0, 0.05) is 11.3 Å². The van der Waals surface area contributed by atoms with Gasteiger partial charge < -0.3 is 22.2 Å². The predicted octanol–water partition coefficient (Wildman–Crippen LogP) is 7.26. The van der Waals surface area contributed by atoms with Crippen molar-refractivity contribution in [1.29, 1.82) is 0 Å². The van der Waals surface area contributed by atoms with E-state index in [9.17, 15) is 30.7 Å². The summed E-state index contributed by atoms with van der Waals surface area (Å²) in [6, 6.07) is 24.1. The third kappa shape index (κ3) is 7.47. The fraction of sp³-hybridized carbons (Fsp3) is 0.0278. The van der Waals surface area contributed by atoms with E-state index in [1.165, 1.54) is 0 Å². The molecule has 0 aliphatic heterocycles. The molecule has 0 saturated carbocycles. The third-order valence-corrected chi connectivity index (χ3v) is 10.2. The number of hydrogen-bond acceptors (Lipinski definition) is 15. The molecule has 56 heavy (non-hydrogen) atoms. The van der Waals surface area contributed by atoms with Crippen LogP contribution >= 0.6 is 0 Å². The Morgan fingerprint density at radius 2 is 1.46 bits per heavy atom. The minimum absolute atomic E-state index is 0.220. The lowest BCUT2D eigenvalue weighted by molar-refractivity contribution is 0.106. The van der Waals surface area contributed by atoms with Crippen LogP contribution in [0.1, 0.15) is 21.5 Å². The van der Waals surface area contributed by atoms with Gasteiger partial charge in [0.15, 0.2) is 5.71 Å². The number of azo groups is 2. The number of carbonyl (C=O) groups excluding carboxylic acids is 1. The van der Waals surface area contributed by atoms with Crippen molar-refractivity contribution in [1.82, 2.24) is 9.97 Å². The number of hydrogen-bond donors (Lipinski definition) is 7. The number of nitrogens with zero attached hydrogens (tertiary/aromatic N) is 6. The van der Waals surface area contributed by atoms with Crippen LogP contribution in [0.15, 0.2) is 126 Å². The number of imidazole rings is 1. The van der Waals surface area contributed by atoms with E-state index in [1.54, 1.807) is 84.9 Å². The smallest absolute Gasteiger partial charge is 0.296 e. The van der Waals surface area contributed by atoms with Gasteiger partial charge in [-0.2, -0.15) is 32.2 Å². The number of benzene rings is 5.